The van der Waals surface area contributed by atoms with Crippen molar-refractivity contribution in [1.29, 1.82) is 0 Å². The first-order valence-corrected chi connectivity index (χ1v) is 6.69. The molecule has 2 aromatic carbocycles. The molecule has 21 heavy (non-hydrogen) atoms. The van der Waals surface area contributed by atoms with E-state index in [9.17, 15) is 9.90 Å². The molecule has 0 amide bonds. The van der Waals surface area contributed by atoms with Gasteiger partial charge in [0.1, 0.15) is 11.5 Å². The first-order chi connectivity index (χ1) is 10.2. The lowest BCUT2D eigenvalue weighted by Gasteiger charge is -2.16. The summed E-state index contributed by atoms with van der Waals surface area (Å²) in [5.74, 6) is 1.10. The van der Waals surface area contributed by atoms with Crippen molar-refractivity contribution in [3.63, 3.8) is 0 Å². The summed E-state index contributed by atoms with van der Waals surface area (Å²) in [6, 6.07) is 14.0. The van der Waals surface area contributed by atoms with Crippen molar-refractivity contribution in [2.75, 3.05) is 7.11 Å². The number of carbonyl (C=O) groups is 1. The quantitative estimate of drug-likeness (QED) is 0.830. The van der Waals surface area contributed by atoms with Gasteiger partial charge in [-0.1, -0.05) is 18.2 Å². The third-order valence-electron chi connectivity index (χ3n) is 3.19. The van der Waals surface area contributed by atoms with Crippen LogP contribution < -0.4 is 9.47 Å². The number of Topliss-reactive ketones (excluding diaryl/α,β-unsaturated/α-hetero) is 1. The molecule has 110 valence electrons. The fourth-order valence-corrected chi connectivity index (χ4v) is 1.98. The number of aliphatic hydroxyl groups is 1. The average Bonchev–Trinajstić information content (AvgIpc) is 2.54. The number of rotatable bonds is 6. The Morgan fingerprint density at radius 3 is 2.43 bits per heavy atom. The normalized spacial score (nSPS) is 11.8. The van der Waals surface area contributed by atoms with Crippen molar-refractivity contribution in [2.45, 2.75) is 19.6 Å². The van der Waals surface area contributed by atoms with Crippen LogP contribution in [0, 0.1) is 0 Å². The third-order valence-corrected chi connectivity index (χ3v) is 3.19. The molecule has 2 aromatic rings. The molecule has 1 atom stereocenters. The van der Waals surface area contributed by atoms with Gasteiger partial charge >= 0.3 is 0 Å². The molecular weight excluding hydrogens is 268 g/mol. The zero-order chi connectivity index (χ0) is 15.2. The third kappa shape index (κ3) is 3.61. The van der Waals surface area contributed by atoms with Crippen LogP contribution in [0.4, 0.5) is 0 Å². The summed E-state index contributed by atoms with van der Waals surface area (Å²) < 4.78 is 10.7. The number of methoxy groups -OCH3 is 1. The van der Waals surface area contributed by atoms with Gasteiger partial charge in [0.15, 0.2) is 6.10 Å². The zero-order valence-corrected chi connectivity index (χ0v) is 12.1. The SMILES string of the molecule is COc1ccc(C(=O)C(C)Oc2ccccc2CO)cc1. The van der Waals surface area contributed by atoms with E-state index in [1.807, 2.05) is 6.07 Å². The minimum atomic E-state index is -0.633. The number of para-hydroxylation sites is 1. The molecular formula is C17H18O4. The summed E-state index contributed by atoms with van der Waals surface area (Å²) in [7, 11) is 1.58. The highest BCUT2D eigenvalue weighted by Crippen LogP contribution is 2.21. The largest absolute Gasteiger partial charge is 0.497 e. The van der Waals surface area contributed by atoms with Crippen LogP contribution in [0.1, 0.15) is 22.8 Å². The Labute approximate surface area is 123 Å². The number of hydrogen-bond donors (Lipinski definition) is 1. The molecule has 0 aromatic heterocycles. The lowest BCUT2D eigenvalue weighted by molar-refractivity contribution is 0.0814. The highest BCUT2D eigenvalue weighted by atomic mass is 16.5. The summed E-state index contributed by atoms with van der Waals surface area (Å²) in [4.78, 5) is 12.3. The predicted molar refractivity (Wildman–Crippen MR) is 79.8 cm³/mol. The topological polar surface area (TPSA) is 55.8 Å². The fraction of sp³-hybridized carbons (Fsp3) is 0.235. The molecule has 2 rings (SSSR count). The van der Waals surface area contributed by atoms with E-state index in [-0.39, 0.29) is 12.4 Å². The van der Waals surface area contributed by atoms with Gasteiger partial charge in [0.2, 0.25) is 5.78 Å². The summed E-state index contributed by atoms with van der Waals surface area (Å²) in [5.41, 5.74) is 1.22. The summed E-state index contributed by atoms with van der Waals surface area (Å²) in [6.45, 7) is 1.57. The molecule has 0 saturated heterocycles. The second-order valence-electron chi connectivity index (χ2n) is 4.62. The van der Waals surface area contributed by atoms with Gasteiger partial charge in [0, 0.05) is 11.1 Å². The van der Waals surface area contributed by atoms with Gasteiger partial charge < -0.3 is 14.6 Å². The van der Waals surface area contributed by atoms with E-state index in [1.165, 1.54) is 0 Å². The average molecular weight is 286 g/mol. The Hall–Kier alpha value is -2.33. The summed E-state index contributed by atoms with van der Waals surface area (Å²) in [6.07, 6.45) is -0.633. The molecule has 0 aliphatic rings. The molecule has 0 heterocycles. The van der Waals surface area contributed by atoms with Crippen LogP contribution in [0.2, 0.25) is 0 Å². The second-order valence-corrected chi connectivity index (χ2v) is 4.62. The molecule has 1 unspecified atom stereocenters. The lowest BCUT2D eigenvalue weighted by atomic mass is 10.1. The molecule has 0 saturated carbocycles. The van der Waals surface area contributed by atoms with Crippen molar-refractivity contribution in [3.8, 4) is 11.5 Å². The van der Waals surface area contributed by atoms with E-state index in [1.54, 1.807) is 56.5 Å². The van der Waals surface area contributed by atoms with Crippen LogP contribution >= 0.6 is 0 Å². The molecule has 0 spiro atoms. The Bertz CT molecular complexity index is 604. The number of ether oxygens (including phenoxy) is 2. The standard InChI is InChI=1S/C17H18O4/c1-12(21-16-6-4-3-5-14(16)11-18)17(19)13-7-9-15(20-2)10-8-13/h3-10,12,18H,11H2,1-2H3. The number of hydrogen-bond acceptors (Lipinski definition) is 4. The number of ketones is 1. The van der Waals surface area contributed by atoms with E-state index >= 15 is 0 Å². The monoisotopic (exact) mass is 286 g/mol. The van der Waals surface area contributed by atoms with Crippen LogP contribution in [0.5, 0.6) is 11.5 Å². The van der Waals surface area contributed by atoms with Crippen LogP contribution in [0.3, 0.4) is 0 Å². The summed E-state index contributed by atoms with van der Waals surface area (Å²) >= 11 is 0. The molecule has 0 bridgehead atoms. The van der Waals surface area contributed by atoms with Gasteiger partial charge in [-0.2, -0.15) is 0 Å². The van der Waals surface area contributed by atoms with Crippen molar-refractivity contribution in [3.05, 3.63) is 59.7 Å². The minimum absolute atomic E-state index is 0.120. The highest BCUT2D eigenvalue weighted by molar-refractivity contribution is 5.99. The Kier molecular flexibility index (Phi) is 4.95. The lowest BCUT2D eigenvalue weighted by Crippen LogP contribution is -2.24. The van der Waals surface area contributed by atoms with Crippen LogP contribution in [0.25, 0.3) is 0 Å². The predicted octanol–water partition coefficient (Wildman–Crippen LogP) is 2.84. The van der Waals surface area contributed by atoms with Crippen LogP contribution in [0.15, 0.2) is 48.5 Å². The van der Waals surface area contributed by atoms with Gasteiger partial charge in [-0.25, -0.2) is 0 Å². The number of carbonyl (C=O) groups excluding carboxylic acids is 1. The first-order valence-electron chi connectivity index (χ1n) is 6.69. The Morgan fingerprint density at radius 2 is 1.81 bits per heavy atom. The summed E-state index contributed by atoms with van der Waals surface area (Å²) in [5, 5.41) is 9.27. The van der Waals surface area contributed by atoms with Crippen LogP contribution in [-0.2, 0) is 6.61 Å². The molecule has 4 nitrogen and oxygen atoms in total. The van der Waals surface area contributed by atoms with E-state index in [4.69, 9.17) is 9.47 Å². The molecule has 0 fully saturated rings. The van der Waals surface area contributed by atoms with Crippen molar-refractivity contribution in [1.82, 2.24) is 0 Å². The number of aliphatic hydroxyl groups excluding tert-OH is 1. The van der Waals surface area contributed by atoms with E-state index in [2.05, 4.69) is 0 Å². The van der Waals surface area contributed by atoms with Gasteiger partial charge in [-0.15, -0.1) is 0 Å². The van der Waals surface area contributed by atoms with Gasteiger partial charge in [-0.3, -0.25) is 4.79 Å². The van der Waals surface area contributed by atoms with Gasteiger partial charge in [0.25, 0.3) is 0 Å². The molecule has 4 heteroatoms. The van der Waals surface area contributed by atoms with Gasteiger partial charge in [-0.05, 0) is 37.3 Å². The second kappa shape index (κ2) is 6.90. The first kappa shape index (κ1) is 15.1. The molecule has 0 radical (unpaired) electrons. The molecule has 0 aliphatic carbocycles. The van der Waals surface area contributed by atoms with Crippen LogP contribution in [-0.4, -0.2) is 24.1 Å². The maximum Gasteiger partial charge on any atom is 0.202 e. The van der Waals surface area contributed by atoms with Crippen molar-refractivity contribution in [2.24, 2.45) is 0 Å². The maximum absolute atomic E-state index is 12.3. The highest BCUT2D eigenvalue weighted by Gasteiger charge is 2.18. The van der Waals surface area contributed by atoms with E-state index < -0.39 is 6.10 Å². The number of benzene rings is 2. The van der Waals surface area contributed by atoms with E-state index in [0.717, 1.165) is 0 Å². The minimum Gasteiger partial charge on any atom is -0.497 e. The Morgan fingerprint density at radius 1 is 1.14 bits per heavy atom. The maximum atomic E-state index is 12.3. The molecule has 1 N–H and O–H groups in total. The smallest absolute Gasteiger partial charge is 0.202 e. The van der Waals surface area contributed by atoms with Crippen molar-refractivity contribution < 1.29 is 19.4 Å². The zero-order valence-electron chi connectivity index (χ0n) is 12.1. The van der Waals surface area contributed by atoms with E-state index in [0.29, 0.717) is 22.6 Å². The Balaban J connectivity index is 2.11. The van der Waals surface area contributed by atoms with Gasteiger partial charge in [0.05, 0.1) is 13.7 Å². The van der Waals surface area contributed by atoms with Crippen molar-refractivity contribution >= 4 is 5.78 Å². The molecule has 0 aliphatic heterocycles. The fourth-order valence-electron chi connectivity index (χ4n) is 1.98.